The molecule has 1 amide bonds. The van der Waals surface area contributed by atoms with E-state index in [9.17, 15) is 4.79 Å². The van der Waals surface area contributed by atoms with E-state index in [1.807, 2.05) is 42.1 Å². The van der Waals surface area contributed by atoms with Gasteiger partial charge < -0.3 is 9.84 Å². The van der Waals surface area contributed by atoms with E-state index in [2.05, 4.69) is 15.6 Å². The van der Waals surface area contributed by atoms with Gasteiger partial charge in [-0.3, -0.25) is 9.48 Å². The Morgan fingerprint density at radius 1 is 1.38 bits per heavy atom. The van der Waals surface area contributed by atoms with Gasteiger partial charge >= 0.3 is 0 Å². The van der Waals surface area contributed by atoms with Crippen LogP contribution >= 0.6 is 0 Å². The SMILES string of the molecule is CCn1cc(CNC(=O)Cc2noc3ccccc23)cn1. The summed E-state index contributed by atoms with van der Waals surface area (Å²) in [5.74, 6) is -0.0849. The lowest BCUT2D eigenvalue weighted by Gasteiger charge is -2.01. The Balaban J connectivity index is 1.61. The Morgan fingerprint density at radius 2 is 2.24 bits per heavy atom. The molecule has 6 nitrogen and oxygen atoms in total. The van der Waals surface area contributed by atoms with Crippen LogP contribution in [0.15, 0.2) is 41.2 Å². The summed E-state index contributed by atoms with van der Waals surface area (Å²) in [6, 6.07) is 7.52. The minimum Gasteiger partial charge on any atom is -0.356 e. The first kappa shape index (κ1) is 13.4. The van der Waals surface area contributed by atoms with Gasteiger partial charge in [0.05, 0.1) is 12.6 Å². The first-order chi connectivity index (χ1) is 10.3. The maximum absolute atomic E-state index is 12.0. The molecular weight excluding hydrogens is 268 g/mol. The molecule has 0 aliphatic rings. The molecule has 0 aliphatic carbocycles. The zero-order chi connectivity index (χ0) is 14.7. The molecule has 0 unspecified atom stereocenters. The third-order valence-electron chi connectivity index (χ3n) is 3.28. The van der Waals surface area contributed by atoms with Gasteiger partial charge in [0.15, 0.2) is 5.58 Å². The molecule has 2 aromatic heterocycles. The zero-order valence-corrected chi connectivity index (χ0v) is 11.7. The van der Waals surface area contributed by atoms with Crippen molar-refractivity contribution in [1.29, 1.82) is 0 Å². The van der Waals surface area contributed by atoms with E-state index < -0.39 is 0 Å². The van der Waals surface area contributed by atoms with Gasteiger partial charge in [-0.15, -0.1) is 0 Å². The molecule has 0 fully saturated rings. The topological polar surface area (TPSA) is 73.0 Å². The smallest absolute Gasteiger partial charge is 0.226 e. The molecule has 0 radical (unpaired) electrons. The van der Waals surface area contributed by atoms with Crippen molar-refractivity contribution >= 4 is 16.9 Å². The van der Waals surface area contributed by atoms with Crippen LogP contribution in [0.5, 0.6) is 0 Å². The maximum Gasteiger partial charge on any atom is 0.226 e. The number of aromatic nitrogens is 3. The van der Waals surface area contributed by atoms with Crippen molar-refractivity contribution in [3.63, 3.8) is 0 Å². The fourth-order valence-electron chi connectivity index (χ4n) is 2.15. The van der Waals surface area contributed by atoms with Crippen molar-refractivity contribution in [2.24, 2.45) is 0 Å². The van der Waals surface area contributed by atoms with Crippen LogP contribution in [0.2, 0.25) is 0 Å². The highest BCUT2D eigenvalue weighted by atomic mass is 16.5. The number of hydrogen-bond acceptors (Lipinski definition) is 4. The fraction of sp³-hybridized carbons (Fsp3) is 0.267. The zero-order valence-electron chi connectivity index (χ0n) is 11.7. The highest BCUT2D eigenvalue weighted by Gasteiger charge is 2.11. The molecule has 108 valence electrons. The number of amides is 1. The molecule has 0 spiro atoms. The van der Waals surface area contributed by atoms with Gasteiger partial charge in [0.1, 0.15) is 5.69 Å². The summed E-state index contributed by atoms with van der Waals surface area (Å²) < 4.78 is 7.01. The van der Waals surface area contributed by atoms with Crippen LogP contribution in [0.4, 0.5) is 0 Å². The summed E-state index contributed by atoms with van der Waals surface area (Å²) in [6.07, 6.45) is 3.89. The minimum absolute atomic E-state index is 0.0849. The number of carbonyl (C=O) groups is 1. The third-order valence-corrected chi connectivity index (χ3v) is 3.28. The van der Waals surface area contributed by atoms with E-state index in [1.165, 1.54) is 0 Å². The van der Waals surface area contributed by atoms with E-state index in [-0.39, 0.29) is 12.3 Å². The number of aryl methyl sites for hydroxylation is 1. The molecule has 2 heterocycles. The van der Waals surface area contributed by atoms with E-state index in [1.54, 1.807) is 6.20 Å². The molecule has 3 rings (SSSR count). The second-order valence-electron chi connectivity index (χ2n) is 4.78. The minimum atomic E-state index is -0.0849. The number of nitrogens with zero attached hydrogens (tertiary/aromatic N) is 3. The molecule has 3 aromatic rings. The molecule has 0 aliphatic heterocycles. The van der Waals surface area contributed by atoms with Gasteiger partial charge in [-0.05, 0) is 19.1 Å². The van der Waals surface area contributed by atoms with Gasteiger partial charge in [-0.1, -0.05) is 17.3 Å². The second kappa shape index (κ2) is 5.78. The van der Waals surface area contributed by atoms with Crippen molar-refractivity contribution in [2.75, 3.05) is 0 Å². The number of fused-ring (bicyclic) bond motifs is 1. The van der Waals surface area contributed by atoms with E-state index in [0.717, 1.165) is 17.5 Å². The van der Waals surface area contributed by atoms with Crippen LogP contribution < -0.4 is 5.32 Å². The molecule has 0 saturated carbocycles. The van der Waals surface area contributed by atoms with Gasteiger partial charge in [-0.25, -0.2) is 0 Å². The summed E-state index contributed by atoms with van der Waals surface area (Å²) >= 11 is 0. The number of carbonyl (C=O) groups excluding carboxylic acids is 1. The lowest BCUT2D eigenvalue weighted by Crippen LogP contribution is -2.24. The highest BCUT2D eigenvalue weighted by molar-refractivity contribution is 5.86. The standard InChI is InChI=1S/C15H16N4O2/c1-2-19-10-11(9-17-19)8-16-15(20)7-13-12-5-3-4-6-14(12)21-18-13/h3-6,9-10H,2,7-8H2,1H3,(H,16,20). The van der Waals surface area contributed by atoms with E-state index in [4.69, 9.17) is 4.52 Å². The summed E-state index contributed by atoms with van der Waals surface area (Å²) in [4.78, 5) is 12.0. The molecule has 1 aromatic carbocycles. The molecule has 0 bridgehead atoms. The number of nitrogens with one attached hydrogen (secondary N) is 1. The normalized spacial score (nSPS) is 10.9. The van der Waals surface area contributed by atoms with Gasteiger partial charge in [0.25, 0.3) is 0 Å². The van der Waals surface area contributed by atoms with Crippen LogP contribution in [-0.4, -0.2) is 20.8 Å². The molecule has 0 saturated heterocycles. The molecule has 1 N–H and O–H groups in total. The summed E-state index contributed by atoms with van der Waals surface area (Å²) in [6.45, 7) is 3.30. The van der Waals surface area contributed by atoms with E-state index in [0.29, 0.717) is 17.8 Å². The maximum atomic E-state index is 12.0. The molecule has 21 heavy (non-hydrogen) atoms. The Kier molecular flexibility index (Phi) is 3.68. The average Bonchev–Trinajstić information content (AvgIpc) is 3.12. The average molecular weight is 284 g/mol. The van der Waals surface area contributed by atoms with Crippen molar-refractivity contribution in [2.45, 2.75) is 26.4 Å². The Hall–Kier alpha value is -2.63. The van der Waals surface area contributed by atoms with Crippen LogP contribution in [0.1, 0.15) is 18.2 Å². The van der Waals surface area contributed by atoms with Crippen LogP contribution in [0.25, 0.3) is 11.0 Å². The number of hydrogen-bond donors (Lipinski definition) is 1. The number of para-hydroxylation sites is 1. The van der Waals surface area contributed by atoms with Crippen LogP contribution in [0, 0.1) is 0 Å². The van der Waals surface area contributed by atoms with Crippen molar-refractivity contribution in [1.82, 2.24) is 20.3 Å². The predicted molar refractivity (Wildman–Crippen MR) is 77.5 cm³/mol. The van der Waals surface area contributed by atoms with Crippen molar-refractivity contribution in [3.05, 3.63) is 47.9 Å². The molecule has 6 heteroatoms. The first-order valence-corrected chi connectivity index (χ1v) is 6.87. The van der Waals surface area contributed by atoms with Crippen molar-refractivity contribution < 1.29 is 9.32 Å². The lowest BCUT2D eigenvalue weighted by molar-refractivity contribution is -0.120. The van der Waals surface area contributed by atoms with Crippen LogP contribution in [-0.2, 0) is 24.3 Å². The Labute approximate surface area is 121 Å². The number of benzene rings is 1. The Morgan fingerprint density at radius 3 is 3.05 bits per heavy atom. The van der Waals surface area contributed by atoms with Gasteiger partial charge in [0, 0.05) is 30.2 Å². The lowest BCUT2D eigenvalue weighted by atomic mass is 10.1. The third kappa shape index (κ3) is 2.94. The number of rotatable bonds is 5. The summed E-state index contributed by atoms with van der Waals surface area (Å²) in [7, 11) is 0. The fourth-order valence-corrected chi connectivity index (χ4v) is 2.15. The second-order valence-corrected chi connectivity index (χ2v) is 4.78. The van der Waals surface area contributed by atoms with Gasteiger partial charge in [-0.2, -0.15) is 5.10 Å². The van der Waals surface area contributed by atoms with Crippen LogP contribution in [0.3, 0.4) is 0 Å². The quantitative estimate of drug-likeness (QED) is 0.776. The van der Waals surface area contributed by atoms with Gasteiger partial charge in [0.2, 0.25) is 5.91 Å². The van der Waals surface area contributed by atoms with Crippen molar-refractivity contribution in [3.8, 4) is 0 Å². The molecular formula is C15H16N4O2. The largest absolute Gasteiger partial charge is 0.356 e. The monoisotopic (exact) mass is 284 g/mol. The summed E-state index contributed by atoms with van der Waals surface area (Å²) in [5.41, 5.74) is 2.34. The Bertz CT molecular complexity index is 760. The predicted octanol–water partition coefficient (Wildman–Crippen LogP) is 1.90. The first-order valence-electron chi connectivity index (χ1n) is 6.87. The summed E-state index contributed by atoms with van der Waals surface area (Å²) in [5, 5.41) is 11.9. The molecule has 0 atom stereocenters. The highest BCUT2D eigenvalue weighted by Crippen LogP contribution is 2.17. The van der Waals surface area contributed by atoms with E-state index >= 15 is 0 Å².